The van der Waals surface area contributed by atoms with Gasteiger partial charge in [-0.25, -0.2) is 0 Å². The Morgan fingerprint density at radius 1 is 1.57 bits per heavy atom. The summed E-state index contributed by atoms with van der Waals surface area (Å²) in [6.45, 7) is 2.10. The highest BCUT2D eigenvalue weighted by Gasteiger charge is 2.17. The van der Waals surface area contributed by atoms with Gasteiger partial charge in [-0.05, 0) is 44.0 Å². The number of carbonyl (C=O) groups excluding carboxylic acids is 1. The smallest absolute Gasteiger partial charge is 0.179 e. The Balaban J connectivity index is 1.87. The number of aromatic nitrogens is 1. The normalized spacial score (nSPS) is 22.1. The number of hydrogen-bond donors (Lipinski definition) is 2. The highest BCUT2D eigenvalue weighted by molar-refractivity contribution is 5.94. The molecule has 1 atom stereocenters. The van der Waals surface area contributed by atoms with Crippen LogP contribution in [0.15, 0.2) is 18.3 Å². The third kappa shape index (κ3) is 2.23. The topological polar surface area (TPSA) is 44.9 Å². The molecular formula is C11H16N2O. The minimum atomic E-state index is 0.240. The van der Waals surface area contributed by atoms with Gasteiger partial charge in [0.25, 0.3) is 0 Å². The van der Waals surface area contributed by atoms with E-state index in [1.54, 1.807) is 6.20 Å². The SMILES string of the molecule is O=C(CC1CCCNC1)c1ccc[nH]1. The number of aromatic amines is 1. The highest BCUT2D eigenvalue weighted by Crippen LogP contribution is 2.16. The van der Waals surface area contributed by atoms with Gasteiger partial charge in [-0.1, -0.05) is 0 Å². The Hall–Kier alpha value is -1.09. The van der Waals surface area contributed by atoms with E-state index in [-0.39, 0.29) is 5.78 Å². The van der Waals surface area contributed by atoms with Crippen LogP contribution in [-0.2, 0) is 0 Å². The van der Waals surface area contributed by atoms with Crippen LogP contribution in [0.25, 0.3) is 0 Å². The van der Waals surface area contributed by atoms with Gasteiger partial charge in [0.1, 0.15) is 0 Å². The summed E-state index contributed by atoms with van der Waals surface area (Å²) in [6, 6.07) is 3.71. The second-order valence-electron chi connectivity index (χ2n) is 3.92. The zero-order chi connectivity index (χ0) is 9.80. The van der Waals surface area contributed by atoms with E-state index >= 15 is 0 Å². The van der Waals surface area contributed by atoms with Crippen LogP contribution < -0.4 is 5.32 Å². The average molecular weight is 192 g/mol. The van der Waals surface area contributed by atoms with Gasteiger partial charge in [-0.2, -0.15) is 0 Å². The molecule has 0 bridgehead atoms. The van der Waals surface area contributed by atoms with Crippen molar-refractivity contribution >= 4 is 5.78 Å². The molecule has 0 aromatic carbocycles. The third-order valence-corrected chi connectivity index (χ3v) is 2.77. The molecule has 1 aromatic heterocycles. The van der Waals surface area contributed by atoms with Gasteiger partial charge in [0, 0.05) is 12.6 Å². The average Bonchev–Trinajstić information content (AvgIpc) is 2.72. The molecule has 14 heavy (non-hydrogen) atoms. The molecule has 0 saturated carbocycles. The van der Waals surface area contributed by atoms with Crippen molar-refractivity contribution in [3.63, 3.8) is 0 Å². The molecule has 1 saturated heterocycles. The van der Waals surface area contributed by atoms with Crippen molar-refractivity contribution < 1.29 is 4.79 Å². The number of rotatable bonds is 3. The van der Waals surface area contributed by atoms with E-state index in [9.17, 15) is 4.79 Å². The van der Waals surface area contributed by atoms with E-state index in [1.165, 1.54) is 12.8 Å². The number of carbonyl (C=O) groups is 1. The lowest BCUT2D eigenvalue weighted by molar-refractivity contribution is 0.0949. The Kier molecular flexibility index (Phi) is 2.99. The van der Waals surface area contributed by atoms with Crippen LogP contribution in [0.1, 0.15) is 29.8 Å². The maximum absolute atomic E-state index is 11.7. The highest BCUT2D eigenvalue weighted by atomic mass is 16.1. The first-order valence-electron chi connectivity index (χ1n) is 5.23. The van der Waals surface area contributed by atoms with Crippen molar-refractivity contribution in [2.45, 2.75) is 19.3 Å². The first-order valence-corrected chi connectivity index (χ1v) is 5.23. The molecule has 1 unspecified atom stereocenters. The van der Waals surface area contributed by atoms with Gasteiger partial charge >= 0.3 is 0 Å². The van der Waals surface area contributed by atoms with Crippen LogP contribution in [0, 0.1) is 5.92 Å². The predicted molar refractivity (Wildman–Crippen MR) is 55.3 cm³/mol. The molecule has 0 aliphatic carbocycles. The van der Waals surface area contributed by atoms with Gasteiger partial charge in [0.2, 0.25) is 0 Å². The zero-order valence-corrected chi connectivity index (χ0v) is 8.25. The van der Waals surface area contributed by atoms with E-state index in [4.69, 9.17) is 0 Å². The molecular weight excluding hydrogens is 176 g/mol. The predicted octanol–water partition coefficient (Wildman–Crippen LogP) is 1.59. The quantitative estimate of drug-likeness (QED) is 0.714. The first-order chi connectivity index (χ1) is 6.86. The number of ketones is 1. The molecule has 0 spiro atoms. The second-order valence-corrected chi connectivity index (χ2v) is 3.92. The number of Topliss-reactive ketones (excluding diaryl/α,β-unsaturated/α-hetero) is 1. The van der Waals surface area contributed by atoms with E-state index in [1.807, 2.05) is 12.1 Å². The molecule has 1 aromatic rings. The lowest BCUT2D eigenvalue weighted by atomic mass is 9.93. The maximum Gasteiger partial charge on any atom is 0.179 e. The Bertz CT molecular complexity index is 286. The molecule has 0 radical (unpaired) electrons. The van der Waals surface area contributed by atoms with E-state index in [0.29, 0.717) is 12.3 Å². The van der Waals surface area contributed by atoms with Gasteiger partial charge in [-0.15, -0.1) is 0 Å². The van der Waals surface area contributed by atoms with Gasteiger partial charge in [0.15, 0.2) is 5.78 Å². The molecule has 0 amide bonds. The lowest BCUT2D eigenvalue weighted by Gasteiger charge is -2.21. The molecule has 3 nitrogen and oxygen atoms in total. The summed E-state index contributed by atoms with van der Waals surface area (Å²) < 4.78 is 0. The minimum Gasteiger partial charge on any atom is -0.359 e. The molecule has 3 heteroatoms. The fraction of sp³-hybridized carbons (Fsp3) is 0.545. The fourth-order valence-electron chi connectivity index (χ4n) is 1.97. The van der Waals surface area contributed by atoms with Crippen LogP contribution in [-0.4, -0.2) is 23.9 Å². The first kappa shape index (κ1) is 9.46. The zero-order valence-electron chi connectivity index (χ0n) is 8.25. The van der Waals surface area contributed by atoms with E-state index in [0.717, 1.165) is 18.8 Å². The molecule has 2 rings (SSSR count). The lowest BCUT2D eigenvalue weighted by Crippen LogP contribution is -2.31. The van der Waals surface area contributed by atoms with E-state index < -0.39 is 0 Å². The van der Waals surface area contributed by atoms with Crippen molar-refractivity contribution in [2.24, 2.45) is 5.92 Å². The fourth-order valence-corrected chi connectivity index (χ4v) is 1.97. The summed E-state index contributed by atoms with van der Waals surface area (Å²) in [5.41, 5.74) is 0.746. The van der Waals surface area contributed by atoms with Crippen molar-refractivity contribution in [1.82, 2.24) is 10.3 Å². The molecule has 2 heterocycles. The van der Waals surface area contributed by atoms with Crippen LogP contribution in [0.5, 0.6) is 0 Å². The van der Waals surface area contributed by atoms with Crippen molar-refractivity contribution in [3.8, 4) is 0 Å². The number of H-pyrrole nitrogens is 1. The largest absolute Gasteiger partial charge is 0.359 e. The van der Waals surface area contributed by atoms with Crippen LogP contribution >= 0.6 is 0 Å². The van der Waals surface area contributed by atoms with Crippen LogP contribution in [0.2, 0.25) is 0 Å². The summed E-state index contributed by atoms with van der Waals surface area (Å²) in [5.74, 6) is 0.767. The van der Waals surface area contributed by atoms with Gasteiger partial charge in [0.05, 0.1) is 5.69 Å². The summed E-state index contributed by atoms with van der Waals surface area (Å²) >= 11 is 0. The Morgan fingerprint density at radius 3 is 3.14 bits per heavy atom. The molecule has 2 N–H and O–H groups in total. The van der Waals surface area contributed by atoms with Crippen molar-refractivity contribution in [3.05, 3.63) is 24.0 Å². The van der Waals surface area contributed by atoms with Crippen LogP contribution in [0.3, 0.4) is 0 Å². The van der Waals surface area contributed by atoms with Crippen LogP contribution in [0.4, 0.5) is 0 Å². The number of nitrogens with one attached hydrogen (secondary N) is 2. The van der Waals surface area contributed by atoms with Crippen molar-refractivity contribution in [2.75, 3.05) is 13.1 Å². The standard InChI is InChI=1S/C11H16N2O/c14-11(10-4-2-6-13-10)7-9-3-1-5-12-8-9/h2,4,6,9,12-13H,1,3,5,7-8H2. The minimum absolute atomic E-state index is 0.240. The van der Waals surface area contributed by atoms with Crippen molar-refractivity contribution in [1.29, 1.82) is 0 Å². The van der Waals surface area contributed by atoms with Gasteiger partial charge in [-0.3, -0.25) is 4.79 Å². The van der Waals surface area contributed by atoms with E-state index in [2.05, 4.69) is 10.3 Å². The summed E-state index contributed by atoms with van der Waals surface area (Å²) in [6.07, 6.45) is 4.85. The molecule has 1 aliphatic heterocycles. The molecule has 1 fully saturated rings. The number of hydrogen-bond acceptors (Lipinski definition) is 2. The summed E-state index contributed by atoms with van der Waals surface area (Å²) in [4.78, 5) is 14.7. The maximum atomic E-state index is 11.7. The summed E-state index contributed by atoms with van der Waals surface area (Å²) in [5, 5.41) is 3.32. The number of piperidine rings is 1. The van der Waals surface area contributed by atoms with Gasteiger partial charge < -0.3 is 10.3 Å². The summed E-state index contributed by atoms with van der Waals surface area (Å²) in [7, 11) is 0. The molecule has 76 valence electrons. The Labute approximate surface area is 83.9 Å². The second kappa shape index (κ2) is 4.42. The monoisotopic (exact) mass is 192 g/mol. The molecule has 1 aliphatic rings. The third-order valence-electron chi connectivity index (χ3n) is 2.77. The Morgan fingerprint density at radius 2 is 2.50 bits per heavy atom.